The molecule has 28 heavy (non-hydrogen) atoms. The molecular formula is C23H27NO4. The van der Waals surface area contributed by atoms with Crippen molar-refractivity contribution in [2.24, 2.45) is 0 Å². The van der Waals surface area contributed by atoms with Gasteiger partial charge in [0.05, 0.1) is 13.2 Å². The number of fused-ring (bicyclic) bond motifs is 1. The van der Waals surface area contributed by atoms with Gasteiger partial charge in [-0.15, -0.1) is 0 Å². The van der Waals surface area contributed by atoms with Gasteiger partial charge in [-0.05, 0) is 61.4 Å². The van der Waals surface area contributed by atoms with E-state index in [0.717, 1.165) is 30.6 Å². The van der Waals surface area contributed by atoms with E-state index in [1.807, 2.05) is 36.4 Å². The fraction of sp³-hybridized carbons (Fsp3) is 0.391. The van der Waals surface area contributed by atoms with Gasteiger partial charge in [0, 0.05) is 6.42 Å². The van der Waals surface area contributed by atoms with Crippen LogP contribution in [0.25, 0.3) is 0 Å². The number of aryl methyl sites for hydroxylation is 2. The molecule has 1 aliphatic carbocycles. The molecular weight excluding hydrogens is 354 g/mol. The monoisotopic (exact) mass is 381 g/mol. The molecule has 0 saturated heterocycles. The number of nitrogens with one attached hydrogen (secondary N) is 1. The lowest BCUT2D eigenvalue weighted by atomic mass is 9.87. The van der Waals surface area contributed by atoms with Crippen LogP contribution in [0, 0.1) is 0 Å². The van der Waals surface area contributed by atoms with Crippen molar-refractivity contribution in [3.05, 3.63) is 65.2 Å². The van der Waals surface area contributed by atoms with Crippen molar-refractivity contribution in [2.45, 2.75) is 51.2 Å². The van der Waals surface area contributed by atoms with E-state index in [4.69, 9.17) is 9.47 Å². The molecule has 5 heteroatoms. The molecule has 0 saturated carbocycles. The topological polar surface area (TPSA) is 64.6 Å². The van der Waals surface area contributed by atoms with E-state index in [-0.39, 0.29) is 24.3 Å². The van der Waals surface area contributed by atoms with E-state index in [0.29, 0.717) is 6.42 Å². The highest BCUT2D eigenvalue weighted by atomic mass is 16.5. The summed E-state index contributed by atoms with van der Waals surface area (Å²) in [7, 11) is 1.62. The second-order valence-corrected chi connectivity index (χ2v) is 7.13. The Balaban J connectivity index is 1.48. The molecule has 3 rings (SSSR count). The molecule has 0 fully saturated rings. The van der Waals surface area contributed by atoms with Crippen LogP contribution in [0.4, 0.5) is 0 Å². The normalized spacial score (nSPS) is 16.6. The SMILES string of the molecule is COc1ccc(CCC(=O)O[C@@H](C)C(=O)N[C@H]2CCCc3ccccc32)cc1. The third-order valence-electron chi connectivity index (χ3n) is 5.14. The number of carbonyl (C=O) groups excluding carboxylic acids is 2. The molecule has 0 bridgehead atoms. The van der Waals surface area contributed by atoms with E-state index >= 15 is 0 Å². The summed E-state index contributed by atoms with van der Waals surface area (Å²) in [5.74, 6) is 0.155. The predicted octanol–water partition coefficient (Wildman–Crippen LogP) is 3.75. The third kappa shape index (κ3) is 5.12. The number of benzene rings is 2. The van der Waals surface area contributed by atoms with Gasteiger partial charge in [0.25, 0.3) is 5.91 Å². The van der Waals surface area contributed by atoms with E-state index in [1.54, 1.807) is 14.0 Å². The number of esters is 1. The number of rotatable bonds is 7. The zero-order chi connectivity index (χ0) is 19.9. The van der Waals surface area contributed by atoms with Crippen molar-refractivity contribution in [1.29, 1.82) is 0 Å². The average Bonchev–Trinajstić information content (AvgIpc) is 2.73. The lowest BCUT2D eigenvalue weighted by molar-refractivity contribution is -0.155. The molecule has 0 unspecified atom stereocenters. The fourth-order valence-corrected chi connectivity index (χ4v) is 3.54. The van der Waals surface area contributed by atoms with Gasteiger partial charge in [0.1, 0.15) is 5.75 Å². The summed E-state index contributed by atoms with van der Waals surface area (Å²) >= 11 is 0. The molecule has 2 aromatic rings. The number of methoxy groups -OCH3 is 1. The Morgan fingerprint density at radius 1 is 1.14 bits per heavy atom. The Bertz CT molecular complexity index is 816. The minimum absolute atomic E-state index is 0.0158. The van der Waals surface area contributed by atoms with Crippen LogP contribution >= 0.6 is 0 Å². The first-order valence-electron chi connectivity index (χ1n) is 9.77. The highest BCUT2D eigenvalue weighted by Gasteiger charge is 2.25. The minimum atomic E-state index is -0.808. The van der Waals surface area contributed by atoms with Crippen LogP contribution in [0.3, 0.4) is 0 Å². The Kier molecular flexibility index (Phi) is 6.69. The first-order valence-corrected chi connectivity index (χ1v) is 9.77. The quantitative estimate of drug-likeness (QED) is 0.742. The Hall–Kier alpha value is -2.82. The van der Waals surface area contributed by atoms with Crippen LogP contribution in [-0.4, -0.2) is 25.1 Å². The maximum atomic E-state index is 12.5. The van der Waals surface area contributed by atoms with Crippen molar-refractivity contribution in [3.8, 4) is 5.75 Å². The van der Waals surface area contributed by atoms with Gasteiger partial charge in [-0.2, -0.15) is 0 Å². The van der Waals surface area contributed by atoms with E-state index in [2.05, 4.69) is 17.4 Å². The van der Waals surface area contributed by atoms with Gasteiger partial charge in [-0.1, -0.05) is 36.4 Å². The highest BCUT2D eigenvalue weighted by Crippen LogP contribution is 2.29. The van der Waals surface area contributed by atoms with Crippen LogP contribution in [0.1, 0.15) is 48.9 Å². The predicted molar refractivity (Wildman–Crippen MR) is 107 cm³/mol. The summed E-state index contributed by atoms with van der Waals surface area (Å²) in [4.78, 5) is 24.6. The molecule has 1 aliphatic rings. The Labute approximate surface area is 166 Å². The number of hydrogen-bond donors (Lipinski definition) is 1. The van der Waals surface area contributed by atoms with Crippen LogP contribution in [0.2, 0.25) is 0 Å². The molecule has 2 aromatic carbocycles. The van der Waals surface area contributed by atoms with Crippen molar-refractivity contribution in [2.75, 3.05) is 7.11 Å². The Morgan fingerprint density at radius 3 is 2.64 bits per heavy atom. The summed E-state index contributed by atoms with van der Waals surface area (Å²) in [6.45, 7) is 1.62. The Morgan fingerprint density at radius 2 is 1.89 bits per heavy atom. The lowest BCUT2D eigenvalue weighted by Crippen LogP contribution is -2.39. The van der Waals surface area contributed by atoms with E-state index < -0.39 is 6.10 Å². The fourth-order valence-electron chi connectivity index (χ4n) is 3.54. The molecule has 1 amide bonds. The highest BCUT2D eigenvalue weighted by molar-refractivity contribution is 5.83. The van der Waals surface area contributed by atoms with Crippen LogP contribution in [0.15, 0.2) is 48.5 Å². The van der Waals surface area contributed by atoms with E-state index in [9.17, 15) is 9.59 Å². The van der Waals surface area contributed by atoms with Gasteiger partial charge < -0.3 is 14.8 Å². The van der Waals surface area contributed by atoms with Gasteiger partial charge >= 0.3 is 5.97 Å². The standard InChI is InChI=1S/C23H27NO4/c1-16(28-22(25)15-12-17-10-13-19(27-2)14-11-17)23(26)24-21-9-5-7-18-6-3-4-8-20(18)21/h3-4,6,8,10-11,13-14,16,21H,5,7,9,12,15H2,1-2H3,(H,24,26)/t16-,21-/m0/s1. The largest absolute Gasteiger partial charge is 0.497 e. The maximum Gasteiger partial charge on any atom is 0.306 e. The van der Waals surface area contributed by atoms with Crippen LogP contribution in [0.5, 0.6) is 5.75 Å². The van der Waals surface area contributed by atoms with Crippen molar-refractivity contribution < 1.29 is 19.1 Å². The smallest absolute Gasteiger partial charge is 0.306 e. The first kappa shape index (κ1) is 19.9. The summed E-state index contributed by atoms with van der Waals surface area (Å²) < 4.78 is 10.5. The van der Waals surface area contributed by atoms with Gasteiger partial charge in [0.15, 0.2) is 6.10 Å². The van der Waals surface area contributed by atoms with Gasteiger partial charge in [-0.3, -0.25) is 9.59 Å². The van der Waals surface area contributed by atoms with Crippen molar-refractivity contribution in [1.82, 2.24) is 5.32 Å². The summed E-state index contributed by atoms with van der Waals surface area (Å²) in [5, 5.41) is 3.04. The average molecular weight is 381 g/mol. The molecule has 0 radical (unpaired) electrons. The summed E-state index contributed by atoms with van der Waals surface area (Å²) in [6, 6.07) is 15.7. The van der Waals surface area contributed by atoms with Gasteiger partial charge in [-0.25, -0.2) is 0 Å². The number of carbonyl (C=O) groups is 2. The lowest BCUT2D eigenvalue weighted by Gasteiger charge is -2.27. The molecule has 0 aliphatic heterocycles. The second kappa shape index (κ2) is 9.40. The second-order valence-electron chi connectivity index (χ2n) is 7.13. The third-order valence-corrected chi connectivity index (χ3v) is 5.14. The van der Waals surface area contributed by atoms with Crippen molar-refractivity contribution in [3.63, 3.8) is 0 Å². The first-order chi connectivity index (χ1) is 13.6. The molecule has 148 valence electrons. The molecule has 2 atom stereocenters. The molecule has 0 heterocycles. The van der Waals surface area contributed by atoms with Crippen LogP contribution in [-0.2, 0) is 27.2 Å². The number of ether oxygens (including phenoxy) is 2. The maximum absolute atomic E-state index is 12.5. The number of hydrogen-bond acceptors (Lipinski definition) is 4. The number of amides is 1. The zero-order valence-electron chi connectivity index (χ0n) is 16.4. The minimum Gasteiger partial charge on any atom is -0.497 e. The molecule has 0 aromatic heterocycles. The molecule has 1 N–H and O–H groups in total. The van der Waals surface area contributed by atoms with Crippen LogP contribution < -0.4 is 10.1 Å². The van der Waals surface area contributed by atoms with Crippen molar-refractivity contribution >= 4 is 11.9 Å². The summed E-state index contributed by atoms with van der Waals surface area (Å²) in [6.07, 6.45) is 2.97. The molecule has 0 spiro atoms. The van der Waals surface area contributed by atoms with E-state index in [1.165, 1.54) is 11.1 Å². The van der Waals surface area contributed by atoms with Gasteiger partial charge in [0.2, 0.25) is 0 Å². The zero-order valence-corrected chi connectivity index (χ0v) is 16.4. The summed E-state index contributed by atoms with van der Waals surface area (Å²) in [5.41, 5.74) is 3.47. The molecule has 5 nitrogen and oxygen atoms in total.